The maximum atomic E-state index is 5.51. The Bertz CT molecular complexity index is 316. The highest BCUT2D eigenvalue weighted by atomic mass is 16.4. The molecule has 4 nitrogen and oxygen atoms in total. The molecule has 2 heterocycles. The molecule has 1 aromatic rings. The van der Waals surface area contributed by atoms with E-state index in [1.165, 1.54) is 19.3 Å². The molecule has 90 valence electrons. The summed E-state index contributed by atoms with van der Waals surface area (Å²) >= 11 is 0. The number of hydrogen-bond donors (Lipinski definition) is 1. The van der Waals surface area contributed by atoms with Gasteiger partial charge in [-0.15, -0.1) is 0 Å². The average Bonchev–Trinajstić information content (AvgIpc) is 2.76. The van der Waals surface area contributed by atoms with Crippen molar-refractivity contribution in [2.45, 2.75) is 45.7 Å². The first-order valence-corrected chi connectivity index (χ1v) is 6.18. The summed E-state index contributed by atoms with van der Waals surface area (Å²) in [5, 5.41) is 3.34. The van der Waals surface area contributed by atoms with E-state index in [2.05, 4.69) is 29.0 Å². The largest absolute Gasteiger partial charge is 0.432 e. The molecule has 1 N–H and O–H groups in total. The Morgan fingerprint density at radius 3 is 2.81 bits per heavy atom. The molecule has 0 amide bonds. The summed E-state index contributed by atoms with van der Waals surface area (Å²) in [6.07, 6.45) is 5.60. The SMILES string of the molecule is CC(C)NCc1coc(N2CCCCC2)n1. The molecular weight excluding hydrogens is 202 g/mol. The van der Waals surface area contributed by atoms with Crippen molar-refractivity contribution in [2.24, 2.45) is 0 Å². The van der Waals surface area contributed by atoms with E-state index in [0.29, 0.717) is 6.04 Å². The van der Waals surface area contributed by atoms with Gasteiger partial charge >= 0.3 is 0 Å². The Morgan fingerprint density at radius 2 is 2.12 bits per heavy atom. The highest BCUT2D eigenvalue weighted by Crippen LogP contribution is 2.18. The van der Waals surface area contributed by atoms with Crippen molar-refractivity contribution in [2.75, 3.05) is 18.0 Å². The molecule has 1 aromatic heterocycles. The zero-order valence-electron chi connectivity index (χ0n) is 10.2. The minimum Gasteiger partial charge on any atom is -0.432 e. The van der Waals surface area contributed by atoms with Crippen LogP contribution in [0.5, 0.6) is 0 Å². The van der Waals surface area contributed by atoms with Crippen LogP contribution in [0.1, 0.15) is 38.8 Å². The monoisotopic (exact) mass is 223 g/mol. The average molecular weight is 223 g/mol. The van der Waals surface area contributed by atoms with Crippen LogP contribution in [0, 0.1) is 0 Å². The summed E-state index contributed by atoms with van der Waals surface area (Å²) < 4.78 is 5.51. The Kier molecular flexibility index (Phi) is 3.83. The van der Waals surface area contributed by atoms with E-state index in [4.69, 9.17) is 4.42 Å². The lowest BCUT2D eigenvalue weighted by molar-refractivity contribution is 0.491. The van der Waals surface area contributed by atoms with Crippen LogP contribution in [0.15, 0.2) is 10.7 Å². The van der Waals surface area contributed by atoms with Gasteiger partial charge in [0, 0.05) is 25.7 Å². The molecule has 0 saturated carbocycles. The fraction of sp³-hybridized carbons (Fsp3) is 0.750. The minimum absolute atomic E-state index is 0.482. The minimum atomic E-state index is 0.482. The molecule has 1 aliphatic heterocycles. The predicted octanol–water partition coefficient (Wildman–Crippen LogP) is 2.16. The highest BCUT2D eigenvalue weighted by molar-refractivity contribution is 5.27. The van der Waals surface area contributed by atoms with Crippen LogP contribution in [0.2, 0.25) is 0 Å². The van der Waals surface area contributed by atoms with Gasteiger partial charge in [-0.3, -0.25) is 0 Å². The van der Waals surface area contributed by atoms with Gasteiger partial charge in [-0.25, -0.2) is 0 Å². The predicted molar refractivity (Wildman–Crippen MR) is 64.5 cm³/mol. The number of aromatic nitrogens is 1. The molecule has 2 rings (SSSR count). The number of rotatable bonds is 4. The lowest BCUT2D eigenvalue weighted by Crippen LogP contribution is -2.29. The van der Waals surface area contributed by atoms with Crippen molar-refractivity contribution in [3.8, 4) is 0 Å². The number of oxazole rings is 1. The smallest absolute Gasteiger partial charge is 0.297 e. The van der Waals surface area contributed by atoms with Crippen LogP contribution in [-0.4, -0.2) is 24.1 Å². The van der Waals surface area contributed by atoms with E-state index in [1.807, 2.05) is 0 Å². The molecule has 0 radical (unpaired) electrons. The third-order valence-corrected chi connectivity index (χ3v) is 2.86. The summed E-state index contributed by atoms with van der Waals surface area (Å²) in [5.74, 6) is 0. The number of anilines is 1. The van der Waals surface area contributed by atoms with Crippen molar-refractivity contribution in [1.29, 1.82) is 0 Å². The van der Waals surface area contributed by atoms with Gasteiger partial charge < -0.3 is 14.6 Å². The number of nitrogens with zero attached hydrogens (tertiary/aromatic N) is 2. The first-order valence-electron chi connectivity index (χ1n) is 6.18. The molecular formula is C12H21N3O. The van der Waals surface area contributed by atoms with Gasteiger partial charge in [0.2, 0.25) is 0 Å². The Hall–Kier alpha value is -1.03. The molecule has 1 fully saturated rings. The van der Waals surface area contributed by atoms with Crippen LogP contribution < -0.4 is 10.2 Å². The Labute approximate surface area is 97.0 Å². The molecule has 0 unspecified atom stereocenters. The normalized spacial score (nSPS) is 17.1. The van der Waals surface area contributed by atoms with Crippen molar-refractivity contribution in [3.05, 3.63) is 12.0 Å². The molecule has 0 bridgehead atoms. The van der Waals surface area contributed by atoms with Crippen molar-refractivity contribution >= 4 is 6.01 Å². The van der Waals surface area contributed by atoms with Gasteiger partial charge in [-0.05, 0) is 19.3 Å². The molecule has 0 aromatic carbocycles. The first kappa shape index (κ1) is 11.5. The standard InChI is InChI=1S/C12H21N3O/c1-10(2)13-8-11-9-16-12(14-11)15-6-4-3-5-7-15/h9-10,13H,3-8H2,1-2H3. The molecule has 0 aliphatic carbocycles. The van der Waals surface area contributed by atoms with Gasteiger partial charge in [-0.2, -0.15) is 4.98 Å². The van der Waals surface area contributed by atoms with E-state index in [1.54, 1.807) is 6.26 Å². The first-order chi connectivity index (χ1) is 7.75. The van der Waals surface area contributed by atoms with Gasteiger partial charge in [0.15, 0.2) is 0 Å². The summed E-state index contributed by atoms with van der Waals surface area (Å²) in [6.45, 7) is 7.21. The summed E-state index contributed by atoms with van der Waals surface area (Å²) in [7, 11) is 0. The van der Waals surface area contributed by atoms with Gasteiger partial charge in [-0.1, -0.05) is 13.8 Å². The van der Waals surface area contributed by atoms with Crippen LogP contribution >= 0.6 is 0 Å². The number of nitrogens with one attached hydrogen (secondary N) is 1. The topological polar surface area (TPSA) is 41.3 Å². The molecule has 0 atom stereocenters. The lowest BCUT2D eigenvalue weighted by Gasteiger charge is -2.24. The van der Waals surface area contributed by atoms with Crippen molar-refractivity contribution < 1.29 is 4.42 Å². The van der Waals surface area contributed by atoms with Gasteiger partial charge in [0.25, 0.3) is 6.01 Å². The summed E-state index contributed by atoms with van der Waals surface area (Å²) in [5.41, 5.74) is 0.995. The van der Waals surface area contributed by atoms with Crippen LogP contribution in [-0.2, 0) is 6.54 Å². The van der Waals surface area contributed by atoms with E-state index >= 15 is 0 Å². The molecule has 1 saturated heterocycles. The second-order valence-electron chi connectivity index (χ2n) is 4.70. The summed E-state index contributed by atoms with van der Waals surface area (Å²) in [4.78, 5) is 6.74. The van der Waals surface area contributed by atoms with Crippen LogP contribution in [0.3, 0.4) is 0 Å². The molecule has 4 heteroatoms. The molecule has 16 heavy (non-hydrogen) atoms. The van der Waals surface area contributed by atoms with Crippen molar-refractivity contribution in [1.82, 2.24) is 10.3 Å². The summed E-state index contributed by atoms with van der Waals surface area (Å²) in [6, 6.07) is 1.27. The fourth-order valence-electron chi connectivity index (χ4n) is 1.92. The second-order valence-corrected chi connectivity index (χ2v) is 4.70. The maximum absolute atomic E-state index is 5.51. The third kappa shape index (κ3) is 2.98. The lowest BCUT2D eigenvalue weighted by atomic mass is 10.1. The van der Waals surface area contributed by atoms with E-state index in [9.17, 15) is 0 Å². The highest BCUT2D eigenvalue weighted by Gasteiger charge is 2.15. The number of hydrogen-bond acceptors (Lipinski definition) is 4. The van der Waals surface area contributed by atoms with Crippen molar-refractivity contribution in [3.63, 3.8) is 0 Å². The second kappa shape index (κ2) is 5.34. The Morgan fingerprint density at radius 1 is 1.38 bits per heavy atom. The van der Waals surface area contributed by atoms with Crippen LogP contribution in [0.4, 0.5) is 6.01 Å². The third-order valence-electron chi connectivity index (χ3n) is 2.86. The molecule has 0 spiro atoms. The van der Waals surface area contributed by atoms with E-state index < -0.39 is 0 Å². The number of piperidine rings is 1. The van der Waals surface area contributed by atoms with Gasteiger partial charge in [0.1, 0.15) is 6.26 Å². The van der Waals surface area contributed by atoms with Crippen LogP contribution in [0.25, 0.3) is 0 Å². The zero-order valence-corrected chi connectivity index (χ0v) is 10.2. The zero-order chi connectivity index (χ0) is 11.4. The van der Waals surface area contributed by atoms with Gasteiger partial charge in [0.05, 0.1) is 5.69 Å². The fourth-order valence-corrected chi connectivity index (χ4v) is 1.92. The molecule has 1 aliphatic rings. The Balaban J connectivity index is 1.90. The maximum Gasteiger partial charge on any atom is 0.297 e. The van der Waals surface area contributed by atoms with E-state index in [0.717, 1.165) is 31.3 Å². The quantitative estimate of drug-likeness (QED) is 0.849. The van der Waals surface area contributed by atoms with E-state index in [-0.39, 0.29) is 0 Å².